The van der Waals surface area contributed by atoms with Crippen molar-refractivity contribution in [1.82, 2.24) is 0 Å². The molecule has 126 valence electrons. The largest absolute Gasteiger partial charge is 0.398 e. The molecule has 0 aromatic heterocycles. The Bertz CT molecular complexity index is 588. The molecule has 0 saturated carbocycles. The average Bonchev–Trinajstić information content (AvgIpc) is 2.57. The van der Waals surface area contributed by atoms with Gasteiger partial charge in [-0.05, 0) is 60.1 Å². The predicted octanol–water partition coefficient (Wildman–Crippen LogP) is 5.55. The summed E-state index contributed by atoms with van der Waals surface area (Å²) in [5.41, 5.74) is 18.8. The molecule has 23 heavy (non-hydrogen) atoms. The number of nitrogen functional groups attached to an aromatic ring is 2. The first-order chi connectivity index (χ1) is 11.0. The predicted molar refractivity (Wildman–Crippen MR) is 107 cm³/mol. The van der Waals surface area contributed by atoms with Crippen LogP contribution in [-0.4, -0.2) is 0 Å². The van der Waals surface area contributed by atoms with Gasteiger partial charge in [0.2, 0.25) is 0 Å². The minimum Gasteiger partial charge on any atom is -0.398 e. The minimum absolute atomic E-state index is 0.961. The molecule has 0 heterocycles. The van der Waals surface area contributed by atoms with E-state index in [1.54, 1.807) is 0 Å². The van der Waals surface area contributed by atoms with Crippen molar-refractivity contribution < 1.29 is 0 Å². The van der Waals surface area contributed by atoms with Crippen LogP contribution in [0.15, 0.2) is 34.8 Å². The van der Waals surface area contributed by atoms with Crippen LogP contribution in [0.3, 0.4) is 0 Å². The third-order valence-corrected chi connectivity index (χ3v) is 4.58. The smallest absolute Gasteiger partial charge is 0.0379 e. The maximum atomic E-state index is 5.95. The number of rotatable bonds is 4. The summed E-state index contributed by atoms with van der Waals surface area (Å²) in [7, 11) is 0. The van der Waals surface area contributed by atoms with Gasteiger partial charge in [0.25, 0.3) is 0 Å². The lowest BCUT2D eigenvalue weighted by atomic mass is 10.0. The molecule has 2 aromatic rings. The monoisotopic (exact) mass is 376 g/mol. The molecule has 2 aromatic carbocycles. The Morgan fingerprint density at radius 1 is 0.696 bits per heavy atom. The molecule has 0 fully saturated rings. The van der Waals surface area contributed by atoms with Crippen molar-refractivity contribution in [2.24, 2.45) is 0 Å². The molecule has 0 saturated heterocycles. The second-order valence-electron chi connectivity index (χ2n) is 5.54. The van der Waals surface area contributed by atoms with Gasteiger partial charge in [-0.1, -0.05) is 61.8 Å². The molecule has 0 amide bonds. The Hall–Kier alpha value is -1.48. The molecule has 4 N–H and O–H groups in total. The van der Waals surface area contributed by atoms with Crippen molar-refractivity contribution in [3.8, 4) is 0 Å². The zero-order valence-corrected chi connectivity index (χ0v) is 16.3. The molecule has 0 aliphatic heterocycles. The van der Waals surface area contributed by atoms with Crippen LogP contribution < -0.4 is 11.5 Å². The minimum atomic E-state index is 0.961. The first-order valence-corrected chi connectivity index (χ1v) is 9.20. The van der Waals surface area contributed by atoms with Gasteiger partial charge in [0.15, 0.2) is 0 Å². The van der Waals surface area contributed by atoms with Crippen LogP contribution >= 0.6 is 15.9 Å². The van der Waals surface area contributed by atoms with E-state index in [1.807, 2.05) is 0 Å². The number of aryl methyl sites for hydroxylation is 4. The van der Waals surface area contributed by atoms with E-state index in [4.69, 9.17) is 11.5 Å². The zero-order chi connectivity index (χ0) is 17.4. The standard InChI is InChI=1S/C10H14BrN.C10H15N/c1-3-7-5-9(11)6-8(4-2)10(7)12;1-3-8-6-5-7-9(4-2)10(8)11/h5-6H,3-4,12H2,1-2H3;5-7H,3-4,11H2,1-2H3. The van der Waals surface area contributed by atoms with Gasteiger partial charge in [-0.15, -0.1) is 0 Å². The highest BCUT2D eigenvalue weighted by Crippen LogP contribution is 2.24. The number of nitrogens with two attached hydrogens (primary N) is 2. The normalized spacial score (nSPS) is 10.1. The van der Waals surface area contributed by atoms with Crippen molar-refractivity contribution in [3.05, 3.63) is 57.1 Å². The summed E-state index contributed by atoms with van der Waals surface area (Å²) in [6, 6.07) is 10.4. The van der Waals surface area contributed by atoms with E-state index in [1.165, 1.54) is 22.3 Å². The molecule has 2 rings (SSSR count). The Labute approximate surface area is 149 Å². The molecule has 0 spiro atoms. The quantitative estimate of drug-likeness (QED) is 0.687. The second kappa shape index (κ2) is 9.61. The number of halogens is 1. The van der Waals surface area contributed by atoms with Gasteiger partial charge in [0.1, 0.15) is 0 Å². The molecule has 0 radical (unpaired) electrons. The summed E-state index contributed by atoms with van der Waals surface area (Å²) in [6.45, 7) is 8.51. The molecule has 0 unspecified atom stereocenters. The Kier molecular flexibility index (Phi) is 8.18. The van der Waals surface area contributed by atoms with Crippen LogP contribution in [0, 0.1) is 0 Å². The number of benzene rings is 2. The molecule has 0 atom stereocenters. The summed E-state index contributed by atoms with van der Waals surface area (Å²) in [6.07, 6.45) is 4.05. The van der Waals surface area contributed by atoms with Crippen LogP contribution in [-0.2, 0) is 25.7 Å². The van der Waals surface area contributed by atoms with Gasteiger partial charge in [-0.2, -0.15) is 0 Å². The lowest BCUT2D eigenvalue weighted by Crippen LogP contribution is -1.98. The van der Waals surface area contributed by atoms with E-state index >= 15 is 0 Å². The highest BCUT2D eigenvalue weighted by atomic mass is 79.9. The maximum Gasteiger partial charge on any atom is 0.0379 e. The Balaban J connectivity index is 0.000000231. The van der Waals surface area contributed by atoms with E-state index in [0.717, 1.165) is 41.5 Å². The number of anilines is 2. The Morgan fingerprint density at radius 2 is 1.04 bits per heavy atom. The van der Waals surface area contributed by atoms with Gasteiger partial charge in [0, 0.05) is 15.8 Å². The van der Waals surface area contributed by atoms with Gasteiger partial charge >= 0.3 is 0 Å². The number of hydrogen-bond acceptors (Lipinski definition) is 2. The highest BCUT2D eigenvalue weighted by molar-refractivity contribution is 9.10. The van der Waals surface area contributed by atoms with Crippen molar-refractivity contribution in [3.63, 3.8) is 0 Å². The van der Waals surface area contributed by atoms with Crippen LogP contribution in [0.5, 0.6) is 0 Å². The van der Waals surface area contributed by atoms with Crippen molar-refractivity contribution in [1.29, 1.82) is 0 Å². The fraction of sp³-hybridized carbons (Fsp3) is 0.400. The molecular formula is C20H29BrN2. The maximum absolute atomic E-state index is 5.95. The highest BCUT2D eigenvalue weighted by Gasteiger charge is 2.03. The van der Waals surface area contributed by atoms with Crippen molar-refractivity contribution in [2.45, 2.75) is 53.4 Å². The van der Waals surface area contributed by atoms with Gasteiger partial charge in [0.05, 0.1) is 0 Å². The second-order valence-corrected chi connectivity index (χ2v) is 6.46. The molecule has 0 aliphatic carbocycles. The summed E-state index contributed by atoms with van der Waals surface area (Å²) in [5, 5.41) is 0. The fourth-order valence-electron chi connectivity index (χ4n) is 2.60. The Morgan fingerprint density at radius 3 is 1.39 bits per heavy atom. The number of para-hydroxylation sites is 1. The zero-order valence-electron chi connectivity index (χ0n) is 14.7. The first-order valence-electron chi connectivity index (χ1n) is 8.41. The van der Waals surface area contributed by atoms with E-state index in [0.29, 0.717) is 0 Å². The molecule has 0 aliphatic rings. The first kappa shape index (κ1) is 19.6. The van der Waals surface area contributed by atoms with E-state index < -0.39 is 0 Å². The third-order valence-electron chi connectivity index (χ3n) is 4.13. The molecule has 2 nitrogen and oxygen atoms in total. The summed E-state index contributed by atoms with van der Waals surface area (Å²) in [4.78, 5) is 0. The summed E-state index contributed by atoms with van der Waals surface area (Å²) in [5.74, 6) is 0. The van der Waals surface area contributed by atoms with Gasteiger partial charge < -0.3 is 11.5 Å². The molecule has 0 bridgehead atoms. The van der Waals surface area contributed by atoms with Crippen LogP contribution in [0.25, 0.3) is 0 Å². The van der Waals surface area contributed by atoms with E-state index in [9.17, 15) is 0 Å². The lowest BCUT2D eigenvalue weighted by molar-refractivity contribution is 1.09. The summed E-state index contributed by atoms with van der Waals surface area (Å²) >= 11 is 3.47. The van der Waals surface area contributed by atoms with Crippen molar-refractivity contribution >= 4 is 27.3 Å². The number of hydrogen-bond donors (Lipinski definition) is 2. The van der Waals surface area contributed by atoms with Crippen LogP contribution in [0.2, 0.25) is 0 Å². The lowest BCUT2D eigenvalue weighted by Gasteiger charge is -2.08. The topological polar surface area (TPSA) is 52.0 Å². The third kappa shape index (κ3) is 5.28. The molecule has 3 heteroatoms. The van der Waals surface area contributed by atoms with Crippen LogP contribution in [0.1, 0.15) is 49.9 Å². The van der Waals surface area contributed by atoms with Crippen LogP contribution in [0.4, 0.5) is 11.4 Å². The average molecular weight is 377 g/mol. The fourth-order valence-corrected chi connectivity index (χ4v) is 3.16. The van der Waals surface area contributed by atoms with Crippen molar-refractivity contribution in [2.75, 3.05) is 11.5 Å². The molecular weight excluding hydrogens is 348 g/mol. The van der Waals surface area contributed by atoms with E-state index in [2.05, 4.69) is 74.0 Å². The van der Waals surface area contributed by atoms with Gasteiger partial charge in [-0.3, -0.25) is 0 Å². The summed E-state index contributed by atoms with van der Waals surface area (Å²) < 4.78 is 1.13. The van der Waals surface area contributed by atoms with Gasteiger partial charge in [-0.25, -0.2) is 0 Å². The van der Waals surface area contributed by atoms with E-state index in [-0.39, 0.29) is 0 Å². The SMILES string of the molecule is CCc1cc(Br)cc(CC)c1N.CCc1cccc(CC)c1N.